The lowest BCUT2D eigenvalue weighted by atomic mass is 9.78. The molecule has 1 saturated heterocycles. The summed E-state index contributed by atoms with van der Waals surface area (Å²) in [6, 6.07) is 8.97. The number of hydrogen-bond acceptors (Lipinski definition) is 5. The van der Waals surface area contributed by atoms with Gasteiger partial charge in [0.15, 0.2) is 0 Å². The molecular weight excluding hydrogens is 506 g/mol. The molecule has 11 heteroatoms. The summed E-state index contributed by atoms with van der Waals surface area (Å²) >= 11 is 0. The zero-order valence-corrected chi connectivity index (χ0v) is 22.2. The molecule has 0 N–H and O–H groups in total. The Kier molecular flexibility index (Phi) is 6.35. The molecule has 37 heavy (non-hydrogen) atoms. The Labute approximate surface area is 216 Å². The SMILES string of the molecule is CC1(C)OB(c2ccc3c(c2)N(S(=O)(=O)c2cccc(C(F)(F)F)c2)CC(CC2CCC2)O3)OC1(C)C. The molecule has 3 aliphatic rings. The molecule has 200 valence electrons. The molecule has 0 aromatic heterocycles. The van der Waals surface area contributed by atoms with Gasteiger partial charge >= 0.3 is 13.3 Å². The third-order valence-corrected chi connectivity index (χ3v) is 9.79. The van der Waals surface area contributed by atoms with E-state index >= 15 is 0 Å². The van der Waals surface area contributed by atoms with Crippen molar-refractivity contribution in [2.75, 3.05) is 10.8 Å². The Morgan fingerprint density at radius 3 is 2.30 bits per heavy atom. The number of halogens is 3. The average Bonchev–Trinajstić information content (AvgIpc) is 3.01. The van der Waals surface area contributed by atoms with Crippen LogP contribution in [0.15, 0.2) is 47.4 Å². The number of ether oxygens (including phenoxy) is 1. The Balaban J connectivity index is 1.54. The van der Waals surface area contributed by atoms with Crippen LogP contribution in [0.3, 0.4) is 0 Å². The highest BCUT2D eigenvalue weighted by Gasteiger charge is 2.52. The van der Waals surface area contributed by atoms with Crippen LogP contribution in [0.1, 0.15) is 58.9 Å². The molecule has 2 aliphatic heterocycles. The van der Waals surface area contributed by atoms with Gasteiger partial charge in [-0.3, -0.25) is 4.31 Å². The maximum atomic E-state index is 13.8. The number of fused-ring (bicyclic) bond motifs is 1. The van der Waals surface area contributed by atoms with E-state index < -0.39 is 51.1 Å². The number of benzene rings is 2. The van der Waals surface area contributed by atoms with Gasteiger partial charge in [-0.1, -0.05) is 31.4 Å². The maximum absolute atomic E-state index is 13.8. The van der Waals surface area contributed by atoms with Crippen molar-refractivity contribution in [1.29, 1.82) is 0 Å². The number of hydrogen-bond donors (Lipinski definition) is 0. The van der Waals surface area contributed by atoms with Crippen molar-refractivity contribution in [2.45, 2.75) is 81.8 Å². The molecule has 0 bridgehead atoms. The topological polar surface area (TPSA) is 65.1 Å². The van der Waals surface area contributed by atoms with Gasteiger partial charge < -0.3 is 14.0 Å². The molecule has 2 aromatic carbocycles. The highest BCUT2D eigenvalue weighted by molar-refractivity contribution is 7.92. The van der Waals surface area contributed by atoms with Gasteiger partial charge in [0.1, 0.15) is 11.9 Å². The minimum Gasteiger partial charge on any atom is -0.486 e. The minimum atomic E-state index is -4.66. The van der Waals surface area contributed by atoms with E-state index in [2.05, 4.69) is 0 Å². The third kappa shape index (κ3) is 4.86. The van der Waals surface area contributed by atoms with Gasteiger partial charge in [0.25, 0.3) is 10.0 Å². The Morgan fingerprint density at radius 1 is 1.03 bits per heavy atom. The fraction of sp³-hybridized carbons (Fsp3) is 0.538. The molecule has 1 atom stereocenters. The molecule has 0 amide bonds. The summed E-state index contributed by atoms with van der Waals surface area (Å²) in [7, 11) is -5.06. The summed E-state index contributed by atoms with van der Waals surface area (Å²) in [6.07, 6.45) is -1.11. The molecule has 1 saturated carbocycles. The van der Waals surface area contributed by atoms with Crippen molar-refractivity contribution in [2.24, 2.45) is 5.92 Å². The Morgan fingerprint density at radius 2 is 1.70 bits per heavy atom. The van der Waals surface area contributed by atoms with Gasteiger partial charge in [-0.2, -0.15) is 13.2 Å². The van der Waals surface area contributed by atoms with E-state index in [0.717, 1.165) is 31.4 Å². The van der Waals surface area contributed by atoms with E-state index in [1.54, 1.807) is 18.2 Å². The Hall–Kier alpha value is -2.24. The van der Waals surface area contributed by atoms with Gasteiger partial charge in [0.2, 0.25) is 0 Å². The third-order valence-electron chi connectivity index (χ3n) is 8.01. The fourth-order valence-electron chi connectivity index (χ4n) is 4.87. The highest BCUT2D eigenvalue weighted by Crippen LogP contribution is 2.42. The van der Waals surface area contributed by atoms with Crippen LogP contribution in [0.25, 0.3) is 0 Å². The summed E-state index contributed by atoms with van der Waals surface area (Å²) < 4.78 is 87.5. The summed E-state index contributed by atoms with van der Waals surface area (Å²) in [5.41, 5.74) is -1.35. The molecular formula is C26H31BF3NO5S. The van der Waals surface area contributed by atoms with Crippen molar-refractivity contribution in [3.63, 3.8) is 0 Å². The highest BCUT2D eigenvalue weighted by atomic mass is 32.2. The lowest BCUT2D eigenvalue weighted by Crippen LogP contribution is -2.45. The number of alkyl halides is 3. The quantitative estimate of drug-likeness (QED) is 0.494. The predicted molar refractivity (Wildman–Crippen MR) is 135 cm³/mol. The lowest BCUT2D eigenvalue weighted by molar-refractivity contribution is -0.137. The zero-order chi connectivity index (χ0) is 26.8. The van der Waals surface area contributed by atoms with Crippen LogP contribution in [0.2, 0.25) is 0 Å². The van der Waals surface area contributed by atoms with Crippen LogP contribution >= 0.6 is 0 Å². The fourth-order valence-corrected chi connectivity index (χ4v) is 6.41. The molecule has 1 unspecified atom stereocenters. The molecule has 2 fully saturated rings. The number of sulfonamides is 1. The standard InChI is InChI=1S/C26H31BF3NO5S/c1-24(2)25(3,4)36-27(35-24)19-11-12-23-22(15-19)31(16-20(34-23)13-17-7-5-8-17)37(32,33)21-10-6-9-18(14-21)26(28,29)30/h6,9-12,14-15,17,20H,5,7-8,13,16H2,1-4H3. The van der Waals surface area contributed by atoms with Gasteiger partial charge in [-0.15, -0.1) is 0 Å². The first-order valence-corrected chi connectivity index (χ1v) is 14.0. The van der Waals surface area contributed by atoms with Gasteiger partial charge in [-0.05, 0) is 75.8 Å². The largest absolute Gasteiger partial charge is 0.494 e. The summed E-state index contributed by atoms with van der Waals surface area (Å²) in [4.78, 5) is -0.418. The normalized spacial score (nSPS) is 23.4. The average molecular weight is 537 g/mol. The van der Waals surface area contributed by atoms with E-state index in [9.17, 15) is 21.6 Å². The number of rotatable bonds is 5. The summed E-state index contributed by atoms with van der Waals surface area (Å²) in [6.45, 7) is 7.69. The van der Waals surface area contributed by atoms with Crippen molar-refractivity contribution >= 4 is 28.3 Å². The van der Waals surface area contributed by atoms with Crippen molar-refractivity contribution < 1.29 is 35.6 Å². The molecule has 6 nitrogen and oxygen atoms in total. The second kappa shape index (κ2) is 8.91. The zero-order valence-electron chi connectivity index (χ0n) is 21.3. The molecule has 2 heterocycles. The first kappa shape index (κ1) is 26.4. The summed E-state index contributed by atoms with van der Waals surface area (Å²) in [5, 5.41) is 0. The number of anilines is 1. The predicted octanol–water partition coefficient (Wildman–Crippen LogP) is 5.15. The Bertz CT molecular complexity index is 1280. The van der Waals surface area contributed by atoms with Crippen molar-refractivity contribution in [1.82, 2.24) is 0 Å². The van der Waals surface area contributed by atoms with Crippen LogP contribution in [0.4, 0.5) is 18.9 Å². The van der Waals surface area contributed by atoms with Gasteiger partial charge in [0.05, 0.1) is 33.9 Å². The van der Waals surface area contributed by atoms with Crippen LogP contribution in [0, 0.1) is 5.92 Å². The van der Waals surface area contributed by atoms with Crippen LogP contribution in [0.5, 0.6) is 5.75 Å². The first-order chi connectivity index (χ1) is 17.2. The molecule has 5 rings (SSSR count). The molecule has 0 radical (unpaired) electrons. The van der Waals surface area contributed by atoms with E-state index in [0.29, 0.717) is 29.6 Å². The smallest absolute Gasteiger partial charge is 0.486 e. The van der Waals surface area contributed by atoms with E-state index in [-0.39, 0.29) is 12.2 Å². The monoisotopic (exact) mass is 537 g/mol. The van der Waals surface area contributed by atoms with E-state index in [1.165, 1.54) is 10.4 Å². The van der Waals surface area contributed by atoms with Crippen LogP contribution in [-0.2, 0) is 25.5 Å². The first-order valence-electron chi connectivity index (χ1n) is 12.5. The van der Waals surface area contributed by atoms with Crippen LogP contribution < -0.4 is 14.5 Å². The van der Waals surface area contributed by atoms with E-state index in [4.69, 9.17) is 14.0 Å². The molecule has 1 aliphatic carbocycles. The maximum Gasteiger partial charge on any atom is 0.494 e. The number of nitrogens with zero attached hydrogens (tertiary/aromatic N) is 1. The molecule has 0 spiro atoms. The molecule has 2 aromatic rings. The second-order valence-corrected chi connectivity index (χ2v) is 13.0. The van der Waals surface area contributed by atoms with Crippen molar-refractivity contribution in [3.8, 4) is 5.75 Å². The van der Waals surface area contributed by atoms with Crippen LogP contribution in [-0.4, -0.2) is 39.4 Å². The van der Waals surface area contributed by atoms with Gasteiger partial charge in [0, 0.05) is 0 Å². The van der Waals surface area contributed by atoms with Gasteiger partial charge in [-0.25, -0.2) is 8.42 Å². The van der Waals surface area contributed by atoms with E-state index in [1.807, 2.05) is 27.7 Å². The van der Waals surface area contributed by atoms with Crippen molar-refractivity contribution in [3.05, 3.63) is 48.0 Å². The minimum absolute atomic E-state index is 0.00883. The second-order valence-electron chi connectivity index (χ2n) is 11.1. The lowest BCUT2D eigenvalue weighted by Gasteiger charge is -2.38. The summed E-state index contributed by atoms with van der Waals surface area (Å²) in [5.74, 6) is 0.820.